The molecule has 0 saturated heterocycles. The summed E-state index contributed by atoms with van der Waals surface area (Å²) in [6.07, 6.45) is 3.35. The topological polar surface area (TPSA) is 57.0 Å². The van der Waals surface area contributed by atoms with Crippen molar-refractivity contribution in [3.63, 3.8) is 0 Å². The molecule has 4 nitrogen and oxygen atoms in total. The van der Waals surface area contributed by atoms with Crippen molar-refractivity contribution in [2.24, 2.45) is 0 Å². The molecular weight excluding hydrogens is 166 g/mol. The number of aromatic nitrogens is 2. The van der Waals surface area contributed by atoms with Gasteiger partial charge in [0, 0.05) is 0 Å². The standard InChI is InChI=1S/C9H11N3O/c1-7-3-5-13-8(7)6-12-9(10)2-4-11-12/h2-5H,6,10H2,1H3. The van der Waals surface area contributed by atoms with Gasteiger partial charge >= 0.3 is 0 Å². The van der Waals surface area contributed by atoms with Gasteiger partial charge in [0.05, 0.1) is 12.5 Å². The number of nitrogen functional groups attached to an aromatic ring is 1. The van der Waals surface area contributed by atoms with Gasteiger partial charge in [-0.15, -0.1) is 0 Å². The first-order valence-corrected chi connectivity index (χ1v) is 4.07. The lowest BCUT2D eigenvalue weighted by Crippen LogP contribution is -2.05. The van der Waals surface area contributed by atoms with Gasteiger partial charge in [0.25, 0.3) is 0 Å². The van der Waals surface area contributed by atoms with Gasteiger partial charge in [-0.2, -0.15) is 5.10 Å². The second-order valence-corrected chi connectivity index (χ2v) is 2.94. The van der Waals surface area contributed by atoms with Gasteiger partial charge in [-0.1, -0.05) is 0 Å². The van der Waals surface area contributed by atoms with Gasteiger partial charge in [-0.25, -0.2) is 4.68 Å². The molecule has 0 aliphatic carbocycles. The molecule has 2 aromatic rings. The molecule has 68 valence electrons. The van der Waals surface area contributed by atoms with Crippen molar-refractivity contribution in [1.29, 1.82) is 0 Å². The second kappa shape index (κ2) is 2.97. The van der Waals surface area contributed by atoms with E-state index in [4.69, 9.17) is 10.2 Å². The normalized spacial score (nSPS) is 10.5. The summed E-state index contributed by atoms with van der Waals surface area (Å²) in [6.45, 7) is 2.59. The SMILES string of the molecule is Cc1ccoc1Cn1nccc1N. The Bertz CT molecular complexity index is 364. The average molecular weight is 177 g/mol. The van der Waals surface area contributed by atoms with Crippen LogP contribution in [0.2, 0.25) is 0 Å². The maximum atomic E-state index is 5.67. The third kappa shape index (κ3) is 1.42. The Morgan fingerprint density at radius 3 is 2.92 bits per heavy atom. The maximum absolute atomic E-state index is 5.67. The van der Waals surface area contributed by atoms with Crippen LogP contribution < -0.4 is 5.73 Å². The van der Waals surface area contributed by atoms with Gasteiger partial charge in [-0.05, 0) is 24.6 Å². The van der Waals surface area contributed by atoms with Crippen molar-refractivity contribution in [2.75, 3.05) is 5.73 Å². The second-order valence-electron chi connectivity index (χ2n) is 2.94. The Balaban J connectivity index is 2.24. The molecule has 0 aromatic carbocycles. The molecule has 4 heteroatoms. The van der Waals surface area contributed by atoms with Crippen molar-refractivity contribution in [1.82, 2.24) is 9.78 Å². The molecule has 2 N–H and O–H groups in total. The molecule has 2 aromatic heterocycles. The molecule has 0 radical (unpaired) electrons. The van der Waals surface area contributed by atoms with Crippen molar-refractivity contribution in [3.05, 3.63) is 35.9 Å². The molecular formula is C9H11N3O. The van der Waals surface area contributed by atoms with Crippen LogP contribution in [0.3, 0.4) is 0 Å². The summed E-state index contributed by atoms with van der Waals surface area (Å²) in [7, 11) is 0. The first-order valence-electron chi connectivity index (χ1n) is 4.07. The Hall–Kier alpha value is -1.71. The highest BCUT2D eigenvalue weighted by Crippen LogP contribution is 2.12. The number of rotatable bonds is 2. The number of hydrogen-bond acceptors (Lipinski definition) is 3. The van der Waals surface area contributed by atoms with Gasteiger partial charge in [-0.3, -0.25) is 0 Å². The highest BCUT2D eigenvalue weighted by atomic mass is 16.3. The molecule has 0 amide bonds. The van der Waals surface area contributed by atoms with Crippen molar-refractivity contribution >= 4 is 5.82 Å². The van der Waals surface area contributed by atoms with Gasteiger partial charge in [0.15, 0.2) is 0 Å². The average Bonchev–Trinajstić information content (AvgIpc) is 2.65. The van der Waals surface area contributed by atoms with Crippen LogP contribution in [-0.4, -0.2) is 9.78 Å². The molecule has 0 bridgehead atoms. The van der Waals surface area contributed by atoms with E-state index >= 15 is 0 Å². The van der Waals surface area contributed by atoms with E-state index < -0.39 is 0 Å². The van der Waals surface area contributed by atoms with Gasteiger partial charge in [0.1, 0.15) is 18.1 Å². The number of aryl methyl sites for hydroxylation is 1. The van der Waals surface area contributed by atoms with Gasteiger partial charge in [0.2, 0.25) is 0 Å². The van der Waals surface area contributed by atoms with Crippen molar-refractivity contribution < 1.29 is 4.42 Å². The van der Waals surface area contributed by atoms with Crippen LogP contribution in [0, 0.1) is 6.92 Å². The van der Waals surface area contributed by atoms with E-state index in [0.717, 1.165) is 11.3 Å². The summed E-state index contributed by atoms with van der Waals surface area (Å²) in [5, 5.41) is 4.06. The highest BCUT2D eigenvalue weighted by molar-refractivity contribution is 5.27. The van der Waals surface area contributed by atoms with E-state index in [0.29, 0.717) is 12.4 Å². The summed E-state index contributed by atoms with van der Waals surface area (Å²) in [6, 6.07) is 3.69. The molecule has 2 rings (SSSR count). The van der Waals surface area contributed by atoms with Crippen LogP contribution in [0.5, 0.6) is 0 Å². The maximum Gasteiger partial charge on any atom is 0.128 e. The Morgan fingerprint density at radius 1 is 1.54 bits per heavy atom. The number of nitrogens with zero attached hydrogens (tertiary/aromatic N) is 2. The number of anilines is 1. The quantitative estimate of drug-likeness (QED) is 0.754. The molecule has 0 atom stereocenters. The van der Waals surface area contributed by atoms with E-state index in [1.165, 1.54) is 0 Å². The summed E-state index contributed by atoms with van der Waals surface area (Å²) in [5.41, 5.74) is 6.79. The summed E-state index contributed by atoms with van der Waals surface area (Å²) in [4.78, 5) is 0. The zero-order valence-electron chi connectivity index (χ0n) is 7.40. The van der Waals surface area contributed by atoms with E-state index in [2.05, 4.69) is 5.10 Å². The number of furan rings is 1. The molecule has 0 saturated carbocycles. The highest BCUT2D eigenvalue weighted by Gasteiger charge is 2.04. The molecule has 0 spiro atoms. The van der Waals surface area contributed by atoms with Crippen molar-refractivity contribution in [3.8, 4) is 0 Å². The molecule has 13 heavy (non-hydrogen) atoms. The smallest absolute Gasteiger partial charge is 0.128 e. The minimum absolute atomic E-state index is 0.595. The molecule has 0 unspecified atom stereocenters. The van der Waals surface area contributed by atoms with Crippen LogP contribution in [0.4, 0.5) is 5.82 Å². The molecule has 2 heterocycles. The first-order chi connectivity index (χ1) is 6.27. The summed E-state index contributed by atoms with van der Waals surface area (Å²) in [5.74, 6) is 1.55. The molecule has 0 aliphatic rings. The lowest BCUT2D eigenvalue weighted by molar-refractivity contribution is 0.479. The van der Waals surface area contributed by atoms with Crippen LogP contribution >= 0.6 is 0 Å². The number of nitrogens with two attached hydrogens (primary N) is 1. The summed E-state index contributed by atoms with van der Waals surface area (Å²) < 4.78 is 6.98. The molecule has 0 fully saturated rings. The predicted molar refractivity (Wildman–Crippen MR) is 49.2 cm³/mol. The fourth-order valence-corrected chi connectivity index (χ4v) is 1.18. The molecule has 0 aliphatic heterocycles. The van der Waals surface area contributed by atoms with Crippen LogP contribution in [0.1, 0.15) is 11.3 Å². The Kier molecular flexibility index (Phi) is 1.81. The fourth-order valence-electron chi connectivity index (χ4n) is 1.18. The first kappa shape index (κ1) is 7.91. The third-order valence-electron chi connectivity index (χ3n) is 2.01. The van der Waals surface area contributed by atoms with Crippen molar-refractivity contribution in [2.45, 2.75) is 13.5 Å². The van der Waals surface area contributed by atoms with Gasteiger partial charge < -0.3 is 10.2 Å². The van der Waals surface area contributed by atoms with Crippen LogP contribution in [0.25, 0.3) is 0 Å². The van der Waals surface area contributed by atoms with E-state index in [1.807, 2.05) is 13.0 Å². The van der Waals surface area contributed by atoms with Crippen LogP contribution in [0.15, 0.2) is 29.0 Å². The van der Waals surface area contributed by atoms with E-state index in [9.17, 15) is 0 Å². The zero-order valence-corrected chi connectivity index (χ0v) is 7.40. The Labute approximate surface area is 76.0 Å². The monoisotopic (exact) mass is 177 g/mol. The largest absolute Gasteiger partial charge is 0.467 e. The predicted octanol–water partition coefficient (Wildman–Crippen LogP) is 1.42. The minimum atomic E-state index is 0.595. The lowest BCUT2D eigenvalue weighted by atomic mass is 10.3. The third-order valence-corrected chi connectivity index (χ3v) is 2.01. The number of hydrogen-bond donors (Lipinski definition) is 1. The van der Waals surface area contributed by atoms with Crippen LogP contribution in [-0.2, 0) is 6.54 Å². The zero-order chi connectivity index (χ0) is 9.26. The summed E-state index contributed by atoms with van der Waals surface area (Å²) >= 11 is 0. The lowest BCUT2D eigenvalue weighted by Gasteiger charge is -2.01. The van der Waals surface area contributed by atoms with E-state index in [-0.39, 0.29) is 0 Å². The Morgan fingerprint density at radius 2 is 2.38 bits per heavy atom. The fraction of sp³-hybridized carbons (Fsp3) is 0.222. The van der Waals surface area contributed by atoms with E-state index in [1.54, 1.807) is 23.2 Å². The minimum Gasteiger partial charge on any atom is -0.467 e.